The van der Waals surface area contributed by atoms with Gasteiger partial charge in [0.25, 0.3) is 0 Å². The number of hydrogen-bond donors (Lipinski definition) is 2. The molecule has 0 fully saturated rings. The average molecular weight is 352 g/mol. The van der Waals surface area contributed by atoms with Crippen LogP contribution in [0.2, 0.25) is 0 Å². The second-order valence-corrected chi connectivity index (χ2v) is 4.11. The normalized spacial score (nSPS) is 8.95. The van der Waals surface area contributed by atoms with Crippen LogP contribution in [0.4, 0.5) is 0 Å². The first-order valence-corrected chi connectivity index (χ1v) is 5.82. The Morgan fingerprint density at radius 3 is 1.77 bits per heavy atom. The summed E-state index contributed by atoms with van der Waals surface area (Å²) in [5.41, 5.74) is 0.828. The fraction of sp³-hybridized carbons (Fsp3) is 0.0667. The summed E-state index contributed by atoms with van der Waals surface area (Å²) in [5.74, 6) is -2.35. The fourth-order valence-corrected chi connectivity index (χ4v) is 1.47. The van der Waals surface area contributed by atoms with Gasteiger partial charge in [0.1, 0.15) is 0 Å². The quantitative estimate of drug-likeness (QED) is 0.785. The molecule has 0 saturated carbocycles. The smallest absolute Gasteiger partial charge is 0.872 e. The van der Waals surface area contributed by atoms with Crippen molar-refractivity contribution in [3.05, 3.63) is 59.2 Å². The van der Waals surface area contributed by atoms with Crippen molar-refractivity contribution in [2.75, 3.05) is 0 Å². The van der Waals surface area contributed by atoms with Gasteiger partial charge in [-0.1, -0.05) is 24.3 Å². The molecule has 119 valence electrons. The predicted octanol–water partition coefficient (Wildman–Crippen LogP) is 1.22. The van der Waals surface area contributed by atoms with Crippen LogP contribution in [-0.2, 0) is 17.1 Å². The van der Waals surface area contributed by atoms with E-state index in [0.29, 0.717) is 5.56 Å². The molecule has 0 unspecified atom stereocenters. The Morgan fingerprint density at radius 2 is 1.36 bits per heavy atom. The van der Waals surface area contributed by atoms with E-state index < -0.39 is 11.9 Å². The molecule has 0 aromatic heterocycles. The molecule has 0 atom stereocenters. The van der Waals surface area contributed by atoms with Crippen LogP contribution in [0.3, 0.4) is 0 Å². The summed E-state index contributed by atoms with van der Waals surface area (Å²) in [6.07, 6.45) is 0. The van der Waals surface area contributed by atoms with E-state index in [0.717, 1.165) is 0 Å². The number of aryl methyl sites for hydroxylation is 1. The number of carbonyl (C=O) groups is 2. The van der Waals surface area contributed by atoms with Crippen LogP contribution in [0.5, 0.6) is 11.5 Å². The number of hydrogen-bond acceptors (Lipinski definition) is 4. The monoisotopic (exact) mass is 351 g/mol. The molecule has 0 aliphatic rings. The van der Waals surface area contributed by atoms with Gasteiger partial charge in [0.15, 0.2) is 0 Å². The van der Waals surface area contributed by atoms with Gasteiger partial charge in [0, 0.05) is 0 Å². The zero-order valence-corrected chi connectivity index (χ0v) is 12.3. The van der Waals surface area contributed by atoms with Gasteiger partial charge in [0.05, 0.1) is 11.1 Å². The van der Waals surface area contributed by atoms with E-state index in [9.17, 15) is 19.8 Å². The number of carboxylic acid groups (broad SMARTS) is 2. The third-order valence-electron chi connectivity index (χ3n) is 2.53. The molecule has 0 saturated heterocycles. The van der Waals surface area contributed by atoms with E-state index in [1.807, 2.05) is 0 Å². The molecule has 0 heterocycles. The second-order valence-electron chi connectivity index (χ2n) is 4.11. The molecule has 22 heavy (non-hydrogen) atoms. The van der Waals surface area contributed by atoms with Crippen LogP contribution in [0.25, 0.3) is 0 Å². The zero-order valence-electron chi connectivity index (χ0n) is 11.4. The summed E-state index contributed by atoms with van der Waals surface area (Å²) < 4.78 is 0. The number of aromatic carboxylic acids is 2. The van der Waals surface area contributed by atoms with Gasteiger partial charge < -0.3 is 20.4 Å². The molecular formula is C15H12CuO6. The Bertz CT molecular complexity index is 652. The molecule has 2 aromatic rings. The van der Waals surface area contributed by atoms with Crippen LogP contribution in [0.15, 0.2) is 42.5 Å². The summed E-state index contributed by atoms with van der Waals surface area (Å²) in [7, 11) is 0. The van der Waals surface area contributed by atoms with Crippen LogP contribution in [0.1, 0.15) is 26.3 Å². The van der Waals surface area contributed by atoms with E-state index >= 15 is 0 Å². The molecule has 0 aliphatic carbocycles. The summed E-state index contributed by atoms with van der Waals surface area (Å²) in [4.78, 5) is 20.6. The Kier molecular flexibility index (Phi) is 7.72. The van der Waals surface area contributed by atoms with Gasteiger partial charge in [-0.3, -0.25) is 0 Å². The van der Waals surface area contributed by atoms with E-state index in [4.69, 9.17) is 10.2 Å². The Labute approximate surface area is 137 Å². The molecule has 7 heteroatoms. The SMILES string of the molecule is Cc1cc([O-])ccc1C(=O)O.O=C(O)c1ccc([O-])cc1.[Cu+2]. The van der Waals surface area contributed by atoms with Crippen molar-refractivity contribution in [1.29, 1.82) is 0 Å². The molecular weight excluding hydrogens is 340 g/mol. The maximum Gasteiger partial charge on any atom is 2.00 e. The standard InChI is InChI=1S/C8H8O3.C7H6O3.Cu/c1-5-4-6(9)2-3-7(5)8(10)11;8-6-3-1-5(2-4-6)7(9)10;/h2-4,9H,1H3,(H,10,11);1-4,8H,(H,9,10);/q;;+2/p-2. The molecule has 0 amide bonds. The minimum absolute atomic E-state index is 0. The van der Waals surface area contributed by atoms with E-state index in [1.165, 1.54) is 42.5 Å². The first kappa shape index (κ1) is 19.5. The fourth-order valence-electron chi connectivity index (χ4n) is 1.47. The van der Waals surface area contributed by atoms with Gasteiger partial charge in [-0.05, 0) is 30.7 Å². The minimum atomic E-state index is -1.01. The van der Waals surface area contributed by atoms with Gasteiger partial charge in [-0.15, -0.1) is 11.5 Å². The van der Waals surface area contributed by atoms with Crippen molar-refractivity contribution >= 4 is 11.9 Å². The van der Waals surface area contributed by atoms with Crippen molar-refractivity contribution in [2.24, 2.45) is 0 Å². The van der Waals surface area contributed by atoms with E-state index in [2.05, 4.69) is 0 Å². The number of carboxylic acids is 2. The van der Waals surface area contributed by atoms with Gasteiger partial charge in [-0.2, -0.15) is 0 Å². The van der Waals surface area contributed by atoms with Crippen LogP contribution in [-0.4, -0.2) is 22.2 Å². The Hall–Kier alpha value is -2.50. The summed E-state index contributed by atoms with van der Waals surface area (Å²) in [5, 5.41) is 38.1. The number of benzene rings is 2. The van der Waals surface area contributed by atoms with Crippen LogP contribution >= 0.6 is 0 Å². The number of rotatable bonds is 2. The molecule has 2 rings (SSSR count). The molecule has 2 aromatic carbocycles. The zero-order chi connectivity index (χ0) is 16.0. The topological polar surface area (TPSA) is 121 Å². The second kappa shape index (κ2) is 8.71. The van der Waals surface area contributed by atoms with E-state index in [-0.39, 0.29) is 39.7 Å². The molecule has 6 nitrogen and oxygen atoms in total. The van der Waals surface area contributed by atoms with Gasteiger partial charge in [-0.25, -0.2) is 9.59 Å². The van der Waals surface area contributed by atoms with Gasteiger partial charge in [0.2, 0.25) is 0 Å². The first-order chi connectivity index (χ1) is 9.81. The molecule has 0 aliphatic heterocycles. The van der Waals surface area contributed by atoms with Crippen molar-refractivity contribution in [3.63, 3.8) is 0 Å². The predicted molar refractivity (Wildman–Crippen MR) is 70.4 cm³/mol. The first-order valence-electron chi connectivity index (χ1n) is 5.82. The average Bonchev–Trinajstić information content (AvgIpc) is 2.39. The summed E-state index contributed by atoms with van der Waals surface area (Å²) >= 11 is 0. The minimum Gasteiger partial charge on any atom is -0.872 e. The van der Waals surface area contributed by atoms with Crippen molar-refractivity contribution in [1.82, 2.24) is 0 Å². The van der Waals surface area contributed by atoms with Crippen LogP contribution < -0.4 is 10.2 Å². The molecule has 0 spiro atoms. The Morgan fingerprint density at radius 1 is 0.864 bits per heavy atom. The largest absolute Gasteiger partial charge is 2.00 e. The van der Waals surface area contributed by atoms with Gasteiger partial charge >= 0.3 is 29.0 Å². The van der Waals surface area contributed by atoms with E-state index in [1.54, 1.807) is 6.92 Å². The third-order valence-corrected chi connectivity index (χ3v) is 2.53. The van der Waals surface area contributed by atoms with Crippen LogP contribution in [0, 0.1) is 6.92 Å². The Balaban J connectivity index is 0.000000385. The van der Waals surface area contributed by atoms with Crippen molar-refractivity contribution < 1.29 is 47.1 Å². The summed E-state index contributed by atoms with van der Waals surface area (Å²) in [6, 6.07) is 8.89. The maximum absolute atomic E-state index is 10.7. The maximum atomic E-state index is 10.7. The van der Waals surface area contributed by atoms with Crippen molar-refractivity contribution in [3.8, 4) is 11.5 Å². The molecule has 1 radical (unpaired) electrons. The van der Waals surface area contributed by atoms with Crippen molar-refractivity contribution in [2.45, 2.75) is 6.92 Å². The molecule has 2 N–H and O–H groups in total. The molecule has 0 bridgehead atoms. The summed E-state index contributed by atoms with van der Waals surface area (Å²) in [6.45, 7) is 1.60. The third kappa shape index (κ3) is 5.87.